The number of carbonyl (C=O) groups is 4. The van der Waals surface area contributed by atoms with Gasteiger partial charge in [0.25, 0.3) is 11.8 Å². The Morgan fingerprint density at radius 3 is 2.18 bits per heavy atom. The first kappa shape index (κ1) is 19.1. The number of fused-ring (bicyclic) bond motifs is 1. The van der Waals surface area contributed by atoms with Gasteiger partial charge in [0.2, 0.25) is 0 Å². The van der Waals surface area contributed by atoms with Crippen LogP contribution in [0.4, 0.5) is 0 Å². The molecule has 0 radical (unpaired) electrons. The normalized spacial score (nSPS) is 12.6. The van der Waals surface area contributed by atoms with Gasteiger partial charge in [0.15, 0.2) is 6.61 Å². The number of methoxy groups -OCH3 is 2. The molecule has 0 spiro atoms. The van der Waals surface area contributed by atoms with E-state index in [1.165, 1.54) is 26.4 Å². The van der Waals surface area contributed by atoms with E-state index >= 15 is 0 Å². The molecule has 1 aliphatic heterocycles. The van der Waals surface area contributed by atoms with Crippen LogP contribution in [-0.2, 0) is 20.8 Å². The number of esters is 2. The van der Waals surface area contributed by atoms with Crippen molar-refractivity contribution in [1.29, 1.82) is 0 Å². The average Bonchev–Trinajstić information content (AvgIpc) is 2.96. The number of hydrogen-bond acceptors (Lipinski definition) is 7. The molecule has 1 heterocycles. The van der Waals surface area contributed by atoms with Crippen molar-refractivity contribution in [1.82, 2.24) is 4.90 Å². The van der Waals surface area contributed by atoms with E-state index in [4.69, 9.17) is 9.47 Å². The van der Waals surface area contributed by atoms with Crippen LogP contribution in [0.2, 0.25) is 0 Å². The third-order valence-corrected chi connectivity index (χ3v) is 4.25. The van der Waals surface area contributed by atoms with E-state index < -0.39 is 30.4 Å². The molecule has 2 amide bonds. The summed E-state index contributed by atoms with van der Waals surface area (Å²) in [5, 5.41) is 0. The number of rotatable bonds is 6. The molecule has 0 saturated heterocycles. The molecule has 0 fully saturated rings. The van der Waals surface area contributed by atoms with Gasteiger partial charge >= 0.3 is 11.9 Å². The molecule has 2 aromatic rings. The lowest BCUT2D eigenvalue weighted by atomic mass is 10.1. The molecule has 0 bridgehead atoms. The minimum atomic E-state index is -0.786. The van der Waals surface area contributed by atoms with Gasteiger partial charge in [0, 0.05) is 0 Å². The fraction of sp³-hybridized carbons (Fsp3) is 0.200. The molecule has 0 saturated carbocycles. The highest BCUT2D eigenvalue weighted by Gasteiger charge is 2.35. The largest absolute Gasteiger partial charge is 0.496 e. The van der Waals surface area contributed by atoms with Gasteiger partial charge in [-0.3, -0.25) is 14.5 Å². The van der Waals surface area contributed by atoms with Gasteiger partial charge in [-0.15, -0.1) is 0 Å². The first-order valence-corrected chi connectivity index (χ1v) is 8.32. The maximum atomic E-state index is 12.5. The monoisotopic (exact) mass is 383 g/mol. The molecule has 2 aromatic carbocycles. The number of benzene rings is 2. The minimum absolute atomic E-state index is 0.0202. The topological polar surface area (TPSA) is 99.2 Å². The molecule has 0 unspecified atom stereocenters. The summed E-state index contributed by atoms with van der Waals surface area (Å²) in [6.45, 7) is -0.561. The fourth-order valence-corrected chi connectivity index (χ4v) is 2.84. The third-order valence-electron chi connectivity index (χ3n) is 4.25. The maximum absolute atomic E-state index is 12.5. The second-order valence-corrected chi connectivity index (χ2v) is 5.93. The predicted octanol–water partition coefficient (Wildman–Crippen LogP) is 1.82. The zero-order valence-electron chi connectivity index (χ0n) is 15.3. The Labute approximate surface area is 160 Å². The number of nitrogens with zero attached hydrogens (tertiary/aromatic N) is 1. The molecule has 0 atom stereocenters. The molecule has 1 aliphatic rings. The summed E-state index contributed by atoms with van der Waals surface area (Å²) in [6.07, 6.45) is 0. The first-order chi connectivity index (χ1) is 13.5. The fourth-order valence-electron chi connectivity index (χ4n) is 2.84. The van der Waals surface area contributed by atoms with Crippen molar-refractivity contribution in [2.75, 3.05) is 20.8 Å². The highest BCUT2D eigenvalue weighted by Crippen LogP contribution is 2.26. The van der Waals surface area contributed by atoms with Crippen molar-refractivity contribution in [2.24, 2.45) is 0 Å². The van der Waals surface area contributed by atoms with Gasteiger partial charge in [-0.05, 0) is 29.8 Å². The molecule has 0 N–H and O–H groups in total. The van der Waals surface area contributed by atoms with Crippen molar-refractivity contribution in [3.63, 3.8) is 0 Å². The molecule has 3 rings (SSSR count). The van der Waals surface area contributed by atoms with Crippen LogP contribution in [0.5, 0.6) is 5.75 Å². The van der Waals surface area contributed by atoms with Crippen molar-refractivity contribution >= 4 is 23.8 Å². The molecule has 144 valence electrons. The Morgan fingerprint density at radius 2 is 1.61 bits per heavy atom. The highest BCUT2D eigenvalue weighted by molar-refractivity contribution is 6.21. The lowest BCUT2D eigenvalue weighted by molar-refractivity contribution is -0.144. The Hall–Kier alpha value is -3.68. The van der Waals surface area contributed by atoms with Gasteiger partial charge < -0.3 is 14.2 Å². The van der Waals surface area contributed by atoms with E-state index in [1.54, 1.807) is 30.3 Å². The summed E-state index contributed by atoms with van der Waals surface area (Å²) in [6, 6.07) is 11.2. The van der Waals surface area contributed by atoms with E-state index in [0.29, 0.717) is 16.7 Å². The van der Waals surface area contributed by atoms with Crippen molar-refractivity contribution in [2.45, 2.75) is 6.54 Å². The zero-order valence-corrected chi connectivity index (χ0v) is 15.3. The van der Waals surface area contributed by atoms with Gasteiger partial charge in [-0.25, -0.2) is 9.59 Å². The van der Waals surface area contributed by atoms with Crippen LogP contribution in [0.3, 0.4) is 0 Å². The number of amides is 2. The summed E-state index contributed by atoms with van der Waals surface area (Å²) in [5.41, 5.74) is 1.29. The Morgan fingerprint density at radius 1 is 0.964 bits per heavy atom. The van der Waals surface area contributed by atoms with Crippen LogP contribution in [0.15, 0.2) is 42.5 Å². The van der Waals surface area contributed by atoms with E-state index in [1.807, 2.05) is 0 Å². The summed E-state index contributed by atoms with van der Waals surface area (Å²) < 4.78 is 14.5. The summed E-state index contributed by atoms with van der Waals surface area (Å²) in [7, 11) is 2.57. The van der Waals surface area contributed by atoms with Gasteiger partial charge in [0.1, 0.15) is 11.3 Å². The predicted molar refractivity (Wildman–Crippen MR) is 95.9 cm³/mol. The minimum Gasteiger partial charge on any atom is -0.496 e. The van der Waals surface area contributed by atoms with Crippen LogP contribution in [0.25, 0.3) is 0 Å². The smallest absolute Gasteiger partial charge is 0.344 e. The second kappa shape index (κ2) is 7.91. The van der Waals surface area contributed by atoms with E-state index in [2.05, 4.69) is 4.74 Å². The van der Waals surface area contributed by atoms with Crippen LogP contribution in [0.1, 0.15) is 36.6 Å². The van der Waals surface area contributed by atoms with Crippen molar-refractivity contribution < 1.29 is 33.4 Å². The average molecular weight is 383 g/mol. The number of ether oxygens (including phenoxy) is 3. The summed E-state index contributed by atoms with van der Waals surface area (Å²) >= 11 is 0. The van der Waals surface area contributed by atoms with Gasteiger partial charge in [0.05, 0.1) is 31.9 Å². The van der Waals surface area contributed by atoms with E-state index in [0.717, 1.165) is 4.90 Å². The molecule has 8 nitrogen and oxygen atoms in total. The highest BCUT2D eigenvalue weighted by atomic mass is 16.6. The molecule has 8 heteroatoms. The molecule has 28 heavy (non-hydrogen) atoms. The Bertz CT molecular complexity index is 932. The molecule has 0 aromatic heterocycles. The Balaban J connectivity index is 1.82. The molecular formula is C20H17NO7. The first-order valence-electron chi connectivity index (χ1n) is 8.32. The summed E-state index contributed by atoms with van der Waals surface area (Å²) in [4.78, 5) is 49.6. The quantitative estimate of drug-likeness (QED) is 0.554. The van der Waals surface area contributed by atoms with E-state index in [9.17, 15) is 19.2 Å². The van der Waals surface area contributed by atoms with Gasteiger partial charge in [-0.1, -0.05) is 18.2 Å². The SMILES string of the molecule is COC(=O)COC(=O)c1cc(CN2C(=O)c3ccccc3C2=O)ccc1OC. The molecular weight excluding hydrogens is 366 g/mol. The zero-order chi connectivity index (χ0) is 20.3. The maximum Gasteiger partial charge on any atom is 0.344 e. The Kier molecular flexibility index (Phi) is 5.39. The van der Waals surface area contributed by atoms with Crippen LogP contribution >= 0.6 is 0 Å². The number of imide groups is 1. The van der Waals surface area contributed by atoms with Gasteiger partial charge in [-0.2, -0.15) is 0 Å². The lowest BCUT2D eigenvalue weighted by Gasteiger charge is -2.15. The summed E-state index contributed by atoms with van der Waals surface area (Å²) in [5.74, 6) is -2.04. The van der Waals surface area contributed by atoms with Crippen LogP contribution < -0.4 is 4.74 Å². The standard InChI is InChI=1S/C20H17NO7/c1-26-16-8-7-12(9-15(16)20(25)28-11-17(22)27-2)10-21-18(23)13-5-3-4-6-14(13)19(21)24/h3-9H,10-11H2,1-2H3. The second-order valence-electron chi connectivity index (χ2n) is 5.93. The van der Waals surface area contributed by atoms with Crippen molar-refractivity contribution in [3.8, 4) is 5.75 Å². The van der Waals surface area contributed by atoms with Crippen LogP contribution in [0, 0.1) is 0 Å². The molecule has 0 aliphatic carbocycles. The lowest BCUT2D eigenvalue weighted by Crippen LogP contribution is -2.29. The number of hydrogen-bond donors (Lipinski definition) is 0. The van der Waals surface area contributed by atoms with Crippen LogP contribution in [-0.4, -0.2) is 49.5 Å². The third kappa shape index (κ3) is 3.57. The van der Waals surface area contributed by atoms with Crippen molar-refractivity contribution in [3.05, 3.63) is 64.7 Å². The number of carbonyl (C=O) groups excluding carboxylic acids is 4. The van der Waals surface area contributed by atoms with E-state index in [-0.39, 0.29) is 17.9 Å².